The molecule has 0 bridgehead atoms. The number of amides is 1. The van der Waals surface area contributed by atoms with Crippen LogP contribution in [0.4, 0.5) is 0 Å². The molecule has 0 aliphatic rings. The number of carbonyl (C=O) groups excluding carboxylic acids is 1. The smallest absolute Gasteiger partial charge is 0.291 e. The third-order valence-corrected chi connectivity index (χ3v) is 3.03. The standard InChI is InChI=1S/C15H20N4O2/c1-15(2,3)14-17-12(18-19-14)13(21)16-8-10-5-4-6-11(7-10)9-20/h4-7,20H,8-9H2,1-3H3,(H,16,21)(H,17,18,19). The number of nitrogens with one attached hydrogen (secondary N) is 2. The quantitative estimate of drug-likeness (QED) is 0.795. The van der Waals surface area contributed by atoms with E-state index < -0.39 is 0 Å². The van der Waals surface area contributed by atoms with Crippen molar-refractivity contribution >= 4 is 5.91 Å². The average molecular weight is 288 g/mol. The van der Waals surface area contributed by atoms with Crippen LogP contribution in [0.15, 0.2) is 24.3 Å². The summed E-state index contributed by atoms with van der Waals surface area (Å²) in [4.78, 5) is 16.2. The first kappa shape index (κ1) is 15.2. The number of hydrogen-bond acceptors (Lipinski definition) is 4. The predicted octanol–water partition coefficient (Wildman–Crippen LogP) is 1.52. The van der Waals surface area contributed by atoms with Gasteiger partial charge in [0.05, 0.1) is 6.61 Å². The van der Waals surface area contributed by atoms with E-state index in [0.29, 0.717) is 12.4 Å². The molecule has 1 aromatic carbocycles. The molecule has 0 saturated heterocycles. The fourth-order valence-corrected chi connectivity index (χ4v) is 1.80. The SMILES string of the molecule is CC(C)(C)c1nc(C(=O)NCc2cccc(CO)c2)n[nH]1. The second kappa shape index (κ2) is 6.05. The van der Waals surface area contributed by atoms with Gasteiger partial charge >= 0.3 is 0 Å². The molecule has 1 amide bonds. The fourth-order valence-electron chi connectivity index (χ4n) is 1.80. The Labute approximate surface area is 123 Å². The van der Waals surface area contributed by atoms with Crippen LogP contribution in [0.2, 0.25) is 0 Å². The van der Waals surface area contributed by atoms with E-state index in [9.17, 15) is 4.79 Å². The first-order valence-corrected chi connectivity index (χ1v) is 6.80. The highest BCUT2D eigenvalue weighted by molar-refractivity contribution is 5.90. The summed E-state index contributed by atoms with van der Waals surface area (Å²) in [5.74, 6) is 0.490. The average Bonchev–Trinajstić information content (AvgIpc) is 2.95. The van der Waals surface area contributed by atoms with E-state index in [-0.39, 0.29) is 23.8 Å². The molecule has 2 rings (SSSR count). The van der Waals surface area contributed by atoms with Crippen molar-refractivity contribution in [2.24, 2.45) is 0 Å². The molecule has 0 atom stereocenters. The molecule has 0 aliphatic carbocycles. The van der Waals surface area contributed by atoms with E-state index in [4.69, 9.17) is 5.11 Å². The van der Waals surface area contributed by atoms with Gasteiger partial charge < -0.3 is 10.4 Å². The number of H-pyrrole nitrogens is 1. The van der Waals surface area contributed by atoms with Crippen molar-refractivity contribution in [3.05, 3.63) is 47.0 Å². The molecule has 2 aromatic rings. The van der Waals surface area contributed by atoms with Gasteiger partial charge in [0.25, 0.3) is 5.91 Å². The summed E-state index contributed by atoms with van der Waals surface area (Å²) in [6.45, 7) is 6.34. The van der Waals surface area contributed by atoms with Crippen LogP contribution in [0.3, 0.4) is 0 Å². The molecule has 1 aromatic heterocycles. The van der Waals surface area contributed by atoms with Crippen LogP contribution in [-0.2, 0) is 18.6 Å². The summed E-state index contributed by atoms with van der Waals surface area (Å²) in [7, 11) is 0. The van der Waals surface area contributed by atoms with Crippen LogP contribution in [0.25, 0.3) is 0 Å². The molecular weight excluding hydrogens is 268 g/mol. The Morgan fingerprint density at radius 1 is 1.33 bits per heavy atom. The largest absolute Gasteiger partial charge is 0.392 e. The van der Waals surface area contributed by atoms with Gasteiger partial charge in [-0.15, -0.1) is 5.10 Å². The number of nitrogens with zero attached hydrogens (tertiary/aromatic N) is 2. The molecule has 6 heteroatoms. The maximum absolute atomic E-state index is 12.0. The lowest BCUT2D eigenvalue weighted by molar-refractivity contribution is 0.0941. The minimum absolute atomic E-state index is 0.0162. The fraction of sp³-hybridized carbons (Fsp3) is 0.400. The minimum Gasteiger partial charge on any atom is -0.392 e. The summed E-state index contributed by atoms with van der Waals surface area (Å²) in [6, 6.07) is 7.41. The molecule has 3 N–H and O–H groups in total. The highest BCUT2D eigenvalue weighted by Gasteiger charge is 2.21. The van der Waals surface area contributed by atoms with Gasteiger partial charge in [0, 0.05) is 12.0 Å². The summed E-state index contributed by atoms with van der Waals surface area (Å²) in [5, 5.41) is 18.6. The van der Waals surface area contributed by atoms with E-state index in [2.05, 4.69) is 20.5 Å². The van der Waals surface area contributed by atoms with Crippen LogP contribution in [-0.4, -0.2) is 26.2 Å². The monoisotopic (exact) mass is 288 g/mol. The van der Waals surface area contributed by atoms with Crippen LogP contribution in [0.1, 0.15) is 48.3 Å². The number of hydrogen-bond donors (Lipinski definition) is 3. The highest BCUT2D eigenvalue weighted by atomic mass is 16.3. The molecular formula is C15H20N4O2. The number of carbonyl (C=O) groups is 1. The van der Waals surface area contributed by atoms with Gasteiger partial charge in [0.1, 0.15) is 5.82 Å². The van der Waals surface area contributed by atoms with Crippen molar-refractivity contribution in [2.75, 3.05) is 0 Å². The van der Waals surface area contributed by atoms with Gasteiger partial charge in [-0.2, -0.15) is 0 Å². The van der Waals surface area contributed by atoms with Gasteiger partial charge in [0.15, 0.2) is 0 Å². The molecule has 0 aliphatic heterocycles. The number of aromatic nitrogens is 3. The predicted molar refractivity (Wildman–Crippen MR) is 78.6 cm³/mol. The number of aliphatic hydroxyl groups is 1. The Morgan fingerprint density at radius 3 is 2.67 bits per heavy atom. The Kier molecular flexibility index (Phi) is 4.37. The summed E-state index contributed by atoms with van der Waals surface area (Å²) in [6.07, 6.45) is 0. The molecule has 112 valence electrons. The van der Waals surface area contributed by atoms with E-state index in [0.717, 1.165) is 11.1 Å². The van der Waals surface area contributed by atoms with Crippen molar-refractivity contribution in [2.45, 2.75) is 39.3 Å². The Morgan fingerprint density at radius 2 is 2.05 bits per heavy atom. The van der Waals surface area contributed by atoms with Crippen LogP contribution >= 0.6 is 0 Å². The molecule has 1 heterocycles. The molecule has 6 nitrogen and oxygen atoms in total. The number of rotatable bonds is 4. The summed E-state index contributed by atoms with van der Waals surface area (Å²) in [5.41, 5.74) is 1.55. The molecule has 0 unspecified atom stereocenters. The van der Waals surface area contributed by atoms with Crippen molar-refractivity contribution in [1.29, 1.82) is 0 Å². The van der Waals surface area contributed by atoms with Crippen LogP contribution in [0.5, 0.6) is 0 Å². The molecule has 21 heavy (non-hydrogen) atoms. The Balaban J connectivity index is 2.00. The zero-order valence-electron chi connectivity index (χ0n) is 12.5. The van der Waals surface area contributed by atoms with Gasteiger partial charge in [0.2, 0.25) is 5.82 Å². The van der Waals surface area contributed by atoms with Gasteiger partial charge in [-0.1, -0.05) is 45.0 Å². The normalized spacial score (nSPS) is 11.4. The van der Waals surface area contributed by atoms with Crippen LogP contribution < -0.4 is 5.32 Å². The Hall–Kier alpha value is -2.21. The topological polar surface area (TPSA) is 90.9 Å². The highest BCUT2D eigenvalue weighted by Crippen LogP contribution is 2.17. The maximum Gasteiger partial charge on any atom is 0.291 e. The lowest BCUT2D eigenvalue weighted by atomic mass is 9.96. The van der Waals surface area contributed by atoms with E-state index in [1.54, 1.807) is 0 Å². The second-order valence-corrected chi connectivity index (χ2v) is 5.92. The first-order valence-electron chi connectivity index (χ1n) is 6.80. The zero-order valence-corrected chi connectivity index (χ0v) is 12.5. The third kappa shape index (κ3) is 3.88. The van der Waals surface area contributed by atoms with E-state index >= 15 is 0 Å². The number of benzene rings is 1. The van der Waals surface area contributed by atoms with Gasteiger partial charge in [-0.25, -0.2) is 4.98 Å². The summed E-state index contributed by atoms with van der Waals surface area (Å²) < 4.78 is 0. The van der Waals surface area contributed by atoms with Crippen LogP contribution in [0, 0.1) is 0 Å². The van der Waals surface area contributed by atoms with Crippen molar-refractivity contribution < 1.29 is 9.90 Å². The Bertz CT molecular complexity index is 629. The van der Waals surface area contributed by atoms with E-state index in [1.807, 2.05) is 45.0 Å². The summed E-state index contributed by atoms with van der Waals surface area (Å²) >= 11 is 0. The lowest BCUT2D eigenvalue weighted by Crippen LogP contribution is -2.24. The molecule has 0 radical (unpaired) electrons. The first-order chi connectivity index (χ1) is 9.90. The lowest BCUT2D eigenvalue weighted by Gasteiger charge is -2.12. The van der Waals surface area contributed by atoms with Gasteiger partial charge in [-0.05, 0) is 11.1 Å². The van der Waals surface area contributed by atoms with Crippen molar-refractivity contribution in [3.63, 3.8) is 0 Å². The minimum atomic E-state index is -0.323. The van der Waals surface area contributed by atoms with E-state index in [1.165, 1.54) is 0 Å². The number of aromatic amines is 1. The van der Waals surface area contributed by atoms with Crippen molar-refractivity contribution in [3.8, 4) is 0 Å². The molecule has 0 spiro atoms. The zero-order chi connectivity index (χ0) is 15.5. The third-order valence-electron chi connectivity index (χ3n) is 3.03. The maximum atomic E-state index is 12.0. The molecule has 0 fully saturated rings. The van der Waals surface area contributed by atoms with Crippen molar-refractivity contribution in [1.82, 2.24) is 20.5 Å². The number of aliphatic hydroxyl groups excluding tert-OH is 1. The second-order valence-electron chi connectivity index (χ2n) is 5.92. The van der Waals surface area contributed by atoms with Gasteiger partial charge in [-0.3, -0.25) is 9.89 Å². The molecule has 0 saturated carbocycles.